The number of hydrogen-bond acceptors (Lipinski definition) is 7. The minimum Gasteiger partial charge on any atom is -0.351 e. The summed E-state index contributed by atoms with van der Waals surface area (Å²) < 4.78 is 0. The Morgan fingerprint density at radius 2 is 2.25 bits per heavy atom. The van der Waals surface area contributed by atoms with Gasteiger partial charge >= 0.3 is 5.69 Å². The summed E-state index contributed by atoms with van der Waals surface area (Å²) in [6.07, 6.45) is 5.68. The molecule has 1 aromatic rings. The fraction of sp³-hybridized carbons (Fsp3) is 0.667. The van der Waals surface area contributed by atoms with Crippen molar-refractivity contribution >= 4 is 17.3 Å². The maximum atomic E-state index is 11.3. The first-order chi connectivity index (χ1) is 9.54. The highest BCUT2D eigenvalue weighted by molar-refractivity contribution is 5.69. The lowest BCUT2D eigenvalue weighted by atomic mass is 9.86. The molecule has 2 atom stereocenters. The smallest absolute Gasteiger partial charge is 0.351 e. The van der Waals surface area contributed by atoms with Crippen LogP contribution in [-0.4, -0.2) is 28.0 Å². The Bertz CT molecular complexity index is 495. The van der Waals surface area contributed by atoms with Gasteiger partial charge in [-0.05, 0) is 18.8 Å². The first-order valence-corrected chi connectivity index (χ1v) is 6.73. The average molecular weight is 280 g/mol. The maximum absolute atomic E-state index is 11.3. The lowest BCUT2D eigenvalue weighted by molar-refractivity contribution is -0.383. The number of nitrogens with one attached hydrogen (secondary N) is 1. The number of rotatable bonds is 4. The van der Waals surface area contributed by atoms with Gasteiger partial charge in [0, 0.05) is 13.1 Å². The van der Waals surface area contributed by atoms with Crippen molar-refractivity contribution in [3.8, 4) is 0 Å². The van der Waals surface area contributed by atoms with E-state index in [9.17, 15) is 10.1 Å². The summed E-state index contributed by atoms with van der Waals surface area (Å²) in [5.74, 6) is 6.28. The van der Waals surface area contributed by atoms with Crippen LogP contribution in [0.15, 0.2) is 6.33 Å². The summed E-state index contributed by atoms with van der Waals surface area (Å²) >= 11 is 0. The SMILES string of the molecule is CC1CCCC(N(C)c2ncnc(NN)c2[N+](=O)[O-])C1. The lowest BCUT2D eigenvalue weighted by Crippen LogP contribution is -2.36. The van der Waals surface area contributed by atoms with E-state index in [1.807, 2.05) is 11.9 Å². The van der Waals surface area contributed by atoms with E-state index in [0.717, 1.165) is 19.3 Å². The molecule has 2 rings (SSSR count). The number of hydrogen-bond donors (Lipinski definition) is 2. The van der Waals surface area contributed by atoms with Gasteiger partial charge in [-0.25, -0.2) is 15.8 Å². The zero-order valence-electron chi connectivity index (χ0n) is 11.7. The average Bonchev–Trinajstić information content (AvgIpc) is 2.45. The van der Waals surface area contributed by atoms with Crippen LogP contribution >= 0.6 is 0 Å². The Kier molecular flexibility index (Phi) is 4.33. The second kappa shape index (κ2) is 6.00. The quantitative estimate of drug-likeness (QED) is 0.490. The van der Waals surface area contributed by atoms with Crippen molar-refractivity contribution in [3.05, 3.63) is 16.4 Å². The normalized spacial score (nSPS) is 22.4. The predicted molar refractivity (Wildman–Crippen MR) is 76.3 cm³/mol. The fourth-order valence-electron chi connectivity index (χ4n) is 2.83. The van der Waals surface area contributed by atoms with E-state index in [1.165, 1.54) is 12.7 Å². The molecule has 0 aromatic carbocycles. The van der Waals surface area contributed by atoms with Crippen LogP contribution in [0.3, 0.4) is 0 Å². The van der Waals surface area contributed by atoms with Crippen molar-refractivity contribution < 1.29 is 4.92 Å². The minimum absolute atomic E-state index is 0.0377. The Balaban J connectivity index is 2.33. The zero-order valence-corrected chi connectivity index (χ0v) is 11.7. The van der Waals surface area contributed by atoms with Crippen LogP contribution in [0.2, 0.25) is 0 Å². The molecule has 0 saturated heterocycles. The van der Waals surface area contributed by atoms with Gasteiger partial charge in [0.1, 0.15) is 6.33 Å². The summed E-state index contributed by atoms with van der Waals surface area (Å²) in [6.45, 7) is 2.21. The molecule has 110 valence electrons. The van der Waals surface area contributed by atoms with Crippen LogP contribution in [0.4, 0.5) is 17.3 Å². The molecule has 0 amide bonds. The molecular formula is C12H20N6O2. The van der Waals surface area contributed by atoms with E-state index >= 15 is 0 Å². The molecule has 0 spiro atoms. The van der Waals surface area contributed by atoms with Gasteiger partial charge in [-0.2, -0.15) is 0 Å². The summed E-state index contributed by atoms with van der Waals surface area (Å²) in [4.78, 5) is 20.5. The third-order valence-corrected chi connectivity index (χ3v) is 3.91. The van der Waals surface area contributed by atoms with Gasteiger partial charge in [-0.3, -0.25) is 10.1 Å². The number of nitrogen functional groups attached to an aromatic ring is 1. The summed E-state index contributed by atoms with van der Waals surface area (Å²) in [5, 5.41) is 11.3. The van der Waals surface area contributed by atoms with Crippen molar-refractivity contribution in [2.24, 2.45) is 11.8 Å². The van der Waals surface area contributed by atoms with Crippen molar-refractivity contribution in [3.63, 3.8) is 0 Å². The number of hydrazine groups is 1. The van der Waals surface area contributed by atoms with E-state index in [0.29, 0.717) is 11.7 Å². The van der Waals surface area contributed by atoms with Crippen molar-refractivity contribution in [2.75, 3.05) is 17.4 Å². The Hall–Kier alpha value is -1.96. The van der Waals surface area contributed by atoms with Crippen molar-refractivity contribution in [2.45, 2.75) is 38.6 Å². The highest BCUT2D eigenvalue weighted by atomic mass is 16.6. The summed E-state index contributed by atoms with van der Waals surface area (Å²) in [5.41, 5.74) is 2.09. The number of nitrogens with zero attached hydrogens (tertiary/aromatic N) is 4. The zero-order chi connectivity index (χ0) is 14.7. The van der Waals surface area contributed by atoms with E-state index in [2.05, 4.69) is 22.3 Å². The third kappa shape index (κ3) is 2.79. The van der Waals surface area contributed by atoms with Crippen LogP contribution in [-0.2, 0) is 0 Å². The number of nitrogens with two attached hydrogens (primary N) is 1. The third-order valence-electron chi connectivity index (χ3n) is 3.91. The molecular weight excluding hydrogens is 260 g/mol. The highest BCUT2D eigenvalue weighted by Gasteiger charge is 2.30. The van der Waals surface area contributed by atoms with E-state index < -0.39 is 4.92 Å². The summed E-state index contributed by atoms with van der Waals surface area (Å²) in [7, 11) is 1.85. The Morgan fingerprint density at radius 3 is 2.85 bits per heavy atom. The number of anilines is 2. The van der Waals surface area contributed by atoms with E-state index in [4.69, 9.17) is 5.84 Å². The number of aromatic nitrogens is 2. The van der Waals surface area contributed by atoms with Crippen molar-refractivity contribution in [1.29, 1.82) is 0 Å². The second-order valence-corrected chi connectivity index (χ2v) is 5.33. The molecule has 0 aliphatic heterocycles. The second-order valence-electron chi connectivity index (χ2n) is 5.33. The van der Waals surface area contributed by atoms with Gasteiger partial charge in [-0.1, -0.05) is 19.8 Å². The van der Waals surface area contributed by atoms with Crippen LogP contribution < -0.4 is 16.2 Å². The largest absolute Gasteiger partial charge is 0.354 e. The summed E-state index contributed by atoms with van der Waals surface area (Å²) in [6, 6.07) is 0.262. The maximum Gasteiger partial charge on any atom is 0.354 e. The van der Waals surface area contributed by atoms with Gasteiger partial charge in [0.25, 0.3) is 0 Å². The molecule has 1 aliphatic carbocycles. The monoisotopic (exact) mass is 280 g/mol. The molecule has 2 unspecified atom stereocenters. The Morgan fingerprint density at radius 1 is 1.50 bits per heavy atom. The first kappa shape index (κ1) is 14.4. The molecule has 3 N–H and O–H groups in total. The molecule has 1 heterocycles. The molecule has 1 saturated carbocycles. The van der Waals surface area contributed by atoms with Gasteiger partial charge in [0.05, 0.1) is 4.92 Å². The van der Waals surface area contributed by atoms with Crippen LogP contribution in [0, 0.1) is 16.0 Å². The molecule has 20 heavy (non-hydrogen) atoms. The highest BCUT2D eigenvalue weighted by Crippen LogP contribution is 2.35. The van der Waals surface area contributed by atoms with E-state index in [-0.39, 0.29) is 17.5 Å². The molecule has 8 heteroatoms. The lowest BCUT2D eigenvalue weighted by Gasteiger charge is -2.34. The van der Waals surface area contributed by atoms with Gasteiger partial charge < -0.3 is 10.3 Å². The van der Waals surface area contributed by atoms with E-state index in [1.54, 1.807) is 0 Å². The molecule has 1 aromatic heterocycles. The van der Waals surface area contributed by atoms with Crippen molar-refractivity contribution in [1.82, 2.24) is 9.97 Å². The molecule has 8 nitrogen and oxygen atoms in total. The fourth-order valence-corrected chi connectivity index (χ4v) is 2.83. The molecule has 0 radical (unpaired) electrons. The standard InChI is InChI=1S/C12H20N6O2/c1-8-4-3-5-9(6-8)17(2)12-10(18(19)20)11(16-13)14-7-15-12/h7-9H,3-6,13H2,1-2H3,(H,14,15,16). The number of nitro groups is 1. The Labute approximate surface area is 117 Å². The molecule has 1 aliphatic rings. The molecule has 0 bridgehead atoms. The molecule has 1 fully saturated rings. The predicted octanol–water partition coefficient (Wildman–Crippen LogP) is 1.69. The minimum atomic E-state index is -0.493. The topological polar surface area (TPSA) is 110 Å². The van der Waals surface area contributed by atoms with Crippen LogP contribution in [0.5, 0.6) is 0 Å². The van der Waals surface area contributed by atoms with Gasteiger partial charge in [0.15, 0.2) is 0 Å². The van der Waals surface area contributed by atoms with Crippen LogP contribution in [0.25, 0.3) is 0 Å². The first-order valence-electron chi connectivity index (χ1n) is 6.73. The van der Waals surface area contributed by atoms with Gasteiger partial charge in [-0.15, -0.1) is 0 Å². The van der Waals surface area contributed by atoms with Crippen LogP contribution in [0.1, 0.15) is 32.6 Å². The van der Waals surface area contributed by atoms with Gasteiger partial charge in [0.2, 0.25) is 11.6 Å².